The van der Waals surface area contributed by atoms with Crippen molar-refractivity contribution in [3.63, 3.8) is 0 Å². The van der Waals surface area contributed by atoms with Crippen molar-refractivity contribution in [1.29, 1.82) is 0 Å². The molecule has 2 heterocycles. The van der Waals surface area contributed by atoms with Gasteiger partial charge in [0.25, 0.3) is 0 Å². The number of hydrogen-bond acceptors (Lipinski definition) is 4. The van der Waals surface area contributed by atoms with Crippen molar-refractivity contribution < 1.29 is 4.74 Å². The molecule has 0 saturated carbocycles. The number of nitrogens with one attached hydrogen (secondary N) is 1. The lowest BCUT2D eigenvalue weighted by Crippen LogP contribution is -2.33. The van der Waals surface area contributed by atoms with Gasteiger partial charge >= 0.3 is 0 Å². The van der Waals surface area contributed by atoms with Crippen LogP contribution < -0.4 is 10.1 Å². The Balaban J connectivity index is 2.15. The lowest BCUT2D eigenvalue weighted by Gasteiger charge is -2.27. The minimum absolute atomic E-state index is 0.559. The topological polar surface area (TPSA) is 34.1 Å². The molecule has 14 heavy (non-hydrogen) atoms. The highest BCUT2D eigenvalue weighted by Crippen LogP contribution is 2.27. The van der Waals surface area contributed by atoms with E-state index < -0.39 is 0 Å². The highest BCUT2D eigenvalue weighted by molar-refractivity contribution is 8.00. The van der Waals surface area contributed by atoms with Gasteiger partial charge in [-0.05, 0) is 19.1 Å². The molecule has 0 radical (unpaired) electrons. The van der Waals surface area contributed by atoms with Gasteiger partial charge in [-0.3, -0.25) is 0 Å². The number of rotatable bonds is 3. The number of methoxy groups -OCH3 is 1. The zero-order valence-corrected chi connectivity index (χ0v) is 9.23. The summed E-state index contributed by atoms with van der Waals surface area (Å²) < 4.78 is 5.24. The van der Waals surface area contributed by atoms with Crippen LogP contribution in [0.3, 0.4) is 0 Å². The summed E-state index contributed by atoms with van der Waals surface area (Å²) in [6.45, 7) is 1.99. The molecule has 0 aromatic carbocycles. The van der Waals surface area contributed by atoms with Crippen LogP contribution in [0, 0.1) is 6.92 Å². The molecule has 2 rings (SSSR count). The molecule has 1 aliphatic heterocycles. The summed E-state index contributed by atoms with van der Waals surface area (Å²) >= 11 is 1.95. The summed E-state index contributed by atoms with van der Waals surface area (Å²) in [5.41, 5.74) is 1.01. The third-order valence-corrected chi connectivity index (χ3v) is 3.47. The van der Waals surface area contributed by atoms with Gasteiger partial charge in [-0.1, -0.05) is 0 Å². The SMILES string of the molecule is COc1ccc(C)nc1NC1CSC1. The van der Waals surface area contributed by atoms with Crippen molar-refractivity contribution in [2.75, 3.05) is 23.9 Å². The number of ether oxygens (including phenoxy) is 1. The Morgan fingerprint density at radius 2 is 2.29 bits per heavy atom. The average molecular weight is 210 g/mol. The Hall–Kier alpha value is -0.900. The molecule has 0 bridgehead atoms. The number of aromatic nitrogens is 1. The summed E-state index contributed by atoms with van der Waals surface area (Å²) in [6, 6.07) is 4.47. The van der Waals surface area contributed by atoms with Gasteiger partial charge in [0.1, 0.15) is 0 Å². The Bertz CT molecular complexity index is 326. The largest absolute Gasteiger partial charge is 0.493 e. The molecule has 0 aliphatic carbocycles. The molecule has 3 nitrogen and oxygen atoms in total. The van der Waals surface area contributed by atoms with Crippen molar-refractivity contribution >= 4 is 17.6 Å². The van der Waals surface area contributed by atoms with E-state index >= 15 is 0 Å². The lowest BCUT2D eigenvalue weighted by atomic mass is 10.3. The van der Waals surface area contributed by atoms with Crippen molar-refractivity contribution in [3.8, 4) is 5.75 Å². The van der Waals surface area contributed by atoms with Gasteiger partial charge in [0, 0.05) is 23.2 Å². The first-order valence-corrected chi connectivity index (χ1v) is 5.81. The minimum atomic E-state index is 0.559. The molecular formula is C10H14N2OS. The van der Waals surface area contributed by atoms with E-state index in [-0.39, 0.29) is 0 Å². The van der Waals surface area contributed by atoms with E-state index in [1.807, 2.05) is 30.8 Å². The minimum Gasteiger partial charge on any atom is -0.493 e. The van der Waals surface area contributed by atoms with Gasteiger partial charge < -0.3 is 10.1 Å². The Morgan fingerprint density at radius 3 is 2.86 bits per heavy atom. The summed E-state index contributed by atoms with van der Waals surface area (Å²) in [5.74, 6) is 4.03. The number of anilines is 1. The third kappa shape index (κ3) is 1.95. The maximum Gasteiger partial charge on any atom is 0.169 e. The van der Waals surface area contributed by atoms with Gasteiger partial charge in [0.2, 0.25) is 0 Å². The molecule has 1 saturated heterocycles. The molecule has 0 spiro atoms. The fourth-order valence-corrected chi connectivity index (χ4v) is 1.96. The van der Waals surface area contributed by atoms with Gasteiger partial charge in [0.15, 0.2) is 11.6 Å². The van der Waals surface area contributed by atoms with Gasteiger partial charge in [0.05, 0.1) is 7.11 Å². The fourth-order valence-electron chi connectivity index (χ4n) is 1.32. The molecule has 76 valence electrons. The van der Waals surface area contributed by atoms with Gasteiger partial charge in [-0.25, -0.2) is 4.98 Å². The number of aryl methyl sites for hydroxylation is 1. The maximum absolute atomic E-state index is 5.24. The van der Waals surface area contributed by atoms with E-state index in [2.05, 4.69) is 10.3 Å². The van der Waals surface area contributed by atoms with Crippen LogP contribution in [0.5, 0.6) is 5.75 Å². The van der Waals surface area contributed by atoms with Crippen LogP contribution in [0.4, 0.5) is 5.82 Å². The van der Waals surface area contributed by atoms with E-state index in [1.54, 1.807) is 7.11 Å². The standard InChI is InChI=1S/C10H14N2OS/c1-7-3-4-9(13-2)10(11-7)12-8-5-14-6-8/h3-4,8H,5-6H2,1-2H3,(H,11,12). The third-order valence-electron chi connectivity index (χ3n) is 2.20. The summed E-state index contributed by atoms with van der Waals surface area (Å²) in [5, 5.41) is 3.38. The van der Waals surface area contributed by atoms with Crippen molar-refractivity contribution in [1.82, 2.24) is 4.98 Å². The van der Waals surface area contributed by atoms with E-state index in [0.717, 1.165) is 17.3 Å². The smallest absolute Gasteiger partial charge is 0.169 e. The quantitative estimate of drug-likeness (QED) is 0.826. The molecule has 0 amide bonds. The van der Waals surface area contributed by atoms with E-state index in [0.29, 0.717) is 6.04 Å². The lowest BCUT2D eigenvalue weighted by molar-refractivity contribution is 0.414. The van der Waals surface area contributed by atoms with E-state index in [1.165, 1.54) is 11.5 Å². The van der Waals surface area contributed by atoms with Gasteiger partial charge in [-0.2, -0.15) is 11.8 Å². The molecule has 1 aromatic heterocycles. The highest BCUT2D eigenvalue weighted by Gasteiger charge is 2.19. The zero-order chi connectivity index (χ0) is 9.97. The highest BCUT2D eigenvalue weighted by atomic mass is 32.2. The summed E-state index contributed by atoms with van der Waals surface area (Å²) in [6.07, 6.45) is 0. The van der Waals surface area contributed by atoms with Gasteiger partial charge in [-0.15, -0.1) is 0 Å². The second-order valence-corrected chi connectivity index (χ2v) is 4.46. The zero-order valence-electron chi connectivity index (χ0n) is 8.41. The summed E-state index contributed by atoms with van der Waals surface area (Å²) in [4.78, 5) is 4.42. The molecule has 1 N–H and O–H groups in total. The number of pyridine rings is 1. The fraction of sp³-hybridized carbons (Fsp3) is 0.500. The van der Waals surface area contributed by atoms with Crippen LogP contribution in [-0.2, 0) is 0 Å². The van der Waals surface area contributed by atoms with Crippen LogP contribution in [-0.4, -0.2) is 29.6 Å². The van der Waals surface area contributed by atoms with Crippen LogP contribution in [0.25, 0.3) is 0 Å². The number of hydrogen-bond donors (Lipinski definition) is 1. The average Bonchev–Trinajstić information content (AvgIpc) is 2.12. The molecule has 4 heteroatoms. The van der Waals surface area contributed by atoms with Crippen LogP contribution in [0.15, 0.2) is 12.1 Å². The molecule has 0 unspecified atom stereocenters. The van der Waals surface area contributed by atoms with Crippen molar-refractivity contribution in [2.24, 2.45) is 0 Å². The van der Waals surface area contributed by atoms with Crippen LogP contribution in [0.2, 0.25) is 0 Å². The Kier molecular flexibility index (Phi) is 2.82. The van der Waals surface area contributed by atoms with E-state index in [9.17, 15) is 0 Å². The predicted molar refractivity (Wildman–Crippen MR) is 60.3 cm³/mol. The van der Waals surface area contributed by atoms with Crippen LogP contribution in [0.1, 0.15) is 5.69 Å². The van der Waals surface area contributed by atoms with Crippen LogP contribution >= 0.6 is 11.8 Å². The monoisotopic (exact) mass is 210 g/mol. The van der Waals surface area contributed by atoms with E-state index in [4.69, 9.17) is 4.74 Å². The summed E-state index contributed by atoms with van der Waals surface area (Å²) in [7, 11) is 1.67. The normalized spacial score (nSPS) is 16.1. The first-order chi connectivity index (χ1) is 6.79. The number of thioether (sulfide) groups is 1. The first-order valence-electron chi connectivity index (χ1n) is 4.65. The molecule has 1 aromatic rings. The second kappa shape index (κ2) is 4.09. The Labute approximate surface area is 88.3 Å². The molecule has 1 aliphatic rings. The van der Waals surface area contributed by atoms with Crippen molar-refractivity contribution in [3.05, 3.63) is 17.8 Å². The molecule has 1 fully saturated rings. The Morgan fingerprint density at radius 1 is 1.50 bits per heavy atom. The predicted octanol–water partition coefficient (Wildman–Crippen LogP) is 1.93. The molecule has 0 atom stereocenters. The number of nitrogens with zero attached hydrogens (tertiary/aromatic N) is 1. The van der Waals surface area contributed by atoms with Crippen molar-refractivity contribution in [2.45, 2.75) is 13.0 Å². The second-order valence-electron chi connectivity index (χ2n) is 3.38. The maximum atomic E-state index is 5.24. The molecular weight excluding hydrogens is 196 g/mol. The first kappa shape index (κ1) is 9.65.